The Balaban J connectivity index is 4.73. The fourth-order valence-electron chi connectivity index (χ4n) is 2.18. The predicted octanol–water partition coefficient (Wildman–Crippen LogP) is 2.10. The number of carboxylic acid groups (broad SMARTS) is 1. The lowest BCUT2D eigenvalue weighted by molar-refractivity contribution is -0.151. The van der Waals surface area contributed by atoms with Crippen molar-refractivity contribution in [2.75, 3.05) is 19.7 Å². The third-order valence-corrected chi connectivity index (χ3v) is 3.49. The second-order valence-corrected chi connectivity index (χ2v) is 5.53. The Kier molecular flexibility index (Phi) is 13.3. The smallest absolute Gasteiger partial charge is 0.325 e. The van der Waals surface area contributed by atoms with Gasteiger partial charge >= 0.3 is 11.9 Å². The minimum atomic E-state index is -1.05. The van der Waals surface area contributed by atoms with E-state index in [2.05, 4.69) is 31.1 Å². The Morgan fingerprint density at radius 3 is 2.00 bits per heavy atom. The van der Waals surface area contributed by atoms with E-state index in [-0.39, 0.29) is 6.61 Å². The van der Waals surface area contributed by atoms with Gasteiger partial charge in [-0.2, -0.15) is 0 Å². The highest BCUT2D eigenvalue weighted by atomic mass is 16.5. The molecular weight excluding hydrogens is 296 g/mol. The Morgan fingerprint density at radius 2 is 1.57 bits per heavy atom. The van der Waals surface area contributed by atoms with Crippen molar-refractivity contribution in [2.45, 2.75) is 64.5 Å². The van der Waals surface area contributed by atoms with Crippen molar-refractivity contribution < 1.29 is 19.4 Å². The molecule has 6 nitrogen and oxygen atoms in total. The van der Waals surface area contributed by atoms with Crippen LogP contribution in [0.2, 0.25) is 0 Å². The molecule has 0 heterocycles. The van der Waals surface area contributed by atoms with Crippen LogP contribution in [0.25, 0.3) is 0 Å². The number of carbonyl (C=O) groups is 2. The number of hydrogen-bond acceptors (Lipinski definition) is 5. The maximum atomic E-state index is 12.2. The minimum Gasteiger partial charge on any atom is -0.480 e. The molecule has 0 rings (SSSR count). The van der Waals surface area contributed by atoms with Gasteiger partial charge in [-0.05, 0) is 25.9 Å². The summed E-state index contributed by atoms with van der Waals surface area (Å²) in [6.07, 6.45) is 7.41. The van der Waals surface area contributed by atoms with Crippen LogP contribution in [0.5, 0.6) is 0 Å². The van der Waals surface area contributed by atoms with Crippen molar-refractivity contribution in [2.24, 2.45) is 0 Å². The molecule has 0 saturated carbocycles. The average molecular weight is 328 g/mol. The molecule has 2 unspecified atom stereocenters. The first-order valence-corrected chi connectivity index (χ1v) is 8.55. The van der Waals surface area contributed by atoms with Crippen LogP contribution in [-0.2, 0) is 14.3 Å². The molecule has 0 bridgehead atoms. The molecule has 134 valence electrons. The van der Waals surface area contributed by atoms with E-state index in [1.807, 2.05) is 0 Å². The molecule has 2 atom stereocenters. The molecule has 6 heteroatoms. The SMILES string of the molecule is C=CCOC(=O)C(NCCCCC)C(NCCCCC)C(=O)O. The molecule has 0 spiro atoms. The van der Waals surface area contributed by atoms with Crippen LogP contribution >= 0.6 is 0 Å². The van der Waals surface area contributed by atoms with E-state index in [9.17, 15) is 14.7 Å². The lowest BCUT2D eigenvalue weighted by Crippen LogP contribution is -2.57. The van der Waals surface area contributed by atoms with Gasteiger partial charge in [0.05, 0.1) is 0 Å². The number of ether oxygens (including phenoxy) is 1. The average Bonchev–Trinajstić information content (AvgIpc) is 2.53. The standard InChI is InChI=1S/C17H32N2O4/c1-4-7-9-11-18-14(16(20)21)15(17(22)23-13-6-3)19-12-10-8-5-2/h6,14-15,18-19H,3-5,7-13H2,1-2H3,(H,20,21). The number of carboxylic acids is 1. The Hall–Kier alpha value is -1.40. The Bertz CT molecular complexity index is 347. The summed E-state index contributed by atoms with van der Waals surface area (Å²) in [5.41, 5.74) is 0. The van der Waals surface area contributed by atoms with E-state index in [0.717, 1.165) is 38.5 Å². The van der Waals surface area contributed by atoms with Crippen molar-refractivity contribution in [3.05, 3.63) is 12.7 Å². The van der Waals surface area contributed by atoms with E-state index < -0.39 is 24.0 Å². The predicted molar refractivity (Wildman–Crippen MR) is 91.4 cm³/mol. The van der Waals surface area contributed by atoms with Gasteiger partial charge in [-0.1, -0.05) is 52.2 Å². The zero-order valence-electron chi connectivity index (χ0n) is 14.5. The lowest BCUT2D eigenvalue weighted by Gasteiger charge is -2.24. The summed E-state index contributed by atoms with van der Waals surface area (Å²) in [5, 5.41) is 15.4. The molecule has 0 aromatic heterocycles. The van der Waals surface area contributed by atoms with Crippen molar-refractivity contribution in [1.82, 2.24) is 10.6 Å². The summed E-state index contributed by atoms with van der Waals surface area (Å²) >= 11 is 0. The van der Waals surface area contributed by atoms with Gasteiger partial charge in [0.1, 0.15) is 18.7 Å². The number of aliphatic carboxylic acids is 1. The summed E-state index contributed by atoms with van der Waals surface area (Å²) in [7, 11) is 0. The van der Waals surface area contributed by atoms with Gasteiger partial charge in [0, 0.05) is 0 Å². The normalized spacial score (nSPS) is 13.3. The summed E-state index contributed by atoms with van der Waals surface area (Å²) in [6, 6.07) is -1.89. The zero-order chi connectivity index (χ0) is 17.5. The largest absolute Gasteiger partial charge is 0.480 e. The third kappa shape index (κ3) is 10.1. The van der Waals surface area contributed by atoms with Crippen LogP contribution in [0.15, 0.2) is 12.7 Å². The monoisotopic (exact) mass is 328 g/mol. The first-order valence-electron chi connectivity index (χ1n) is 8.55. The molecular formula is C17H32N2O4. The molecule has 0 radical (unpaired) electrons. The van der Waals surface area contributed by atoms with Gasteiger partial charge in [-0.15, -0.1) is 0 Å². The summed E-state index contributed by atoms with van der Waals surface area (Å²) < 4.78 is 5.05. The highest BCUT2D eigenvalue weighted by Crippen LogP contribution is 2.02. The van der Waals surface area contributed by atoms with Crippen LogP contribution in [0.1, 0.15) is 52.4 Å². The van der Waals surface area contributed by atoms with Gasteiger partial charge in [0.25, 0.3) is 0 Å². The zero-order valence-corrected chi connectivity index (χ0v) is 14.5. The first-order chi connectivity index (χ1) is 11.1. The van der Waals surface area contributed by atoms with Crippen molar-refractivity contribution >= 4 is 11.9 Å². The number of rotatable bonds is 15. The van der Waals surface area contributed by atoms with E-state index in [1.165, 1.54) is 6.08 Å². The van der Waals surface area contributed by atoms with Crippen LogP contribution < -0.4 is 10.6 Å². The first kappa shape index (κ1) is 21.6. The maximum Gasteiger partial charge on any atom is 0.325 e. The molecule has 0 fully saturated rings. The molecule has 0 amide bonds. The van der Waals surface area contributed by atoms with E-state index in [4.69, 9.17) is 4.74 Å². The van der Waals surface area contributed by atoms with Gasteiger partial charge in [-0.25, -0.2) is 0 Å². The topological polar surface area (TPSA) is 87.7 Å². The molecule has 0 saturated heterocycles. The van der Waals surface area contributed by atoms with Crippen molar-refractivity contribution in [3.8, 4) is 0 Å². The summed E-state index contributed by atoms with van der Waals surface area (Å²) in [4.78, 5) is 23.7. The lowest BCUT2D eigenvalue weighted by atomic mass is 10.1. The van der Waals surface area contributed by atoms with Gasteiger partial charge in [0.2, 0.25) is 0 Å². The second-order valence-electron chi connectivity index (χ2n) is 5.53. The second kappa shape index (κ2) is 14.2. The fourth-order valence-corrected chi connectivity index (χ4v) is 2.18. The Morgan fingerprint density at radius 1 is 1.04 bits per heavy atom. The van der Waals surface area contributed by atoms with Crippen LogP contribution in [-0.4, -0.2) is 48.8 Å². The number of carbonyl (C=O) groups excluding carboxylic acids is 1. The highest BCUT2D eigenvalue weighted by Gasteiger charge is 2.34. The van der Waals surface area contributed by atoms with Crippen LogP contribution in [0.4, 0.5) is 0 Å². The molecule has 0 aromatic carbocycles. The molecule has 0 aliphatic rings. The van der Waals surface area contributed by atoms with Crippen LogP contribution in [0, 0.1) is 0 Å². The Labute approximate surface area is 139 Å². The van der Waals surface area contributed by atoms with Gasteiger partial charge in [0.15, 0.2) is 0 Å². The van der Waals surface area contributed by atoms with Crippen molar-refractivity contribution in [1.29, 1.82) is 0 Å². The summed E-state index contributed by atoms with van der Waals surface area (Å²) in [6.45, 7) is 8.90. The third-order valence-electron chi connectivity index (χ3n) is 3.49. The molecule has 23 heavy (non-hydrogen) atoms. The molecule has 3 N–H and O–H groups in total. The van der Waals surface area contributed by atoms with Gasteiger partial charge in [-0.3, -0.25) is 9.59 Å². The fraction of sp³-hybridized carbons (Fsp3) is 0.765. The quantitative estimate of drug-likeness (QED) is 0.242. The van der Waals surface area contributed by atoms with Gasteiger partial charge < -0.3 is 20.5 Å². The number of unbranched alkanes of at least 4 members (excludes halogenated alkanes) is 4. The molecule has 0 aromatic rings. The van der Waals surface area contributed by atoms with Crippen molar-refractivity contribution in [3.63, 3.8) is 0 Å². The highest BCUT2D eigenvalue weighted by molar-refractivity contribution is 5.86. The van der Waals surface area contributed by atoms with E-state index in [0.29, 0.717) is 13.1 Å². The number of nitrogens with one attached hydrogen (secondary N) is 2. The molecule has 0 aliphatic heterocycles. The number of hydrogen-bond donors (Lipinski definition) is 3. The van der Waals surface area contributed by atoms with Crippen LogP contribution in [0.3, 0.4) is 0 Å². The summed E-state index contributed by atoms with van der Waals surface area (Å²) in [5.74, 6) is -1.61. The molecule has 0 aliphatic carbocycles. The minimum absolute atomic E-state index is 0.0775. The number of esters is 1. The van der Waals surface area contributed by atoms with E-state index >= 15 is 0 Å². The maximum absolute atomic E-state index is 12.2. The van der Waals surface area contributed by atoms with E-state index in [1.54, 1.807) is 0 Å².